The van der Waals surface area contributed by atoms with Crippen molar-refractivity contribution in [3.05, 3.63) is 12.2 Å². The molecule has 72 valence electrons. The van der Waals surface area contributed by atoms with Gasteiger partial charge in [-0.1, -0.05) is 12.5 Å². The normalized spacial score (nSPS) is 13.4. The average Bonchev–Trinajstić information content (AvgIpc) is 1.96. The van der Waals surface area contributed by atoms with Gasteiger partial charge in [-0.2, -0.15) is 0 Å². The van der Waals surface area contributed by atoms with E-state index in [9.17, 15) is 8.78 Å². The number of halogens is 2. The van der Waals surface area contributed by atoms with E-state index in [0.29, 0.717) is 13.0 Å². The molecule has 0 aliphatic rings. The highest BCUT2D eigenvalue weighted by molar-refractivity contribution is 4.93. The molecule has 0 aromatic heterocycles. The molecule has 0 heterocycles. The Bertz CT molecular complexity index is 134. The van der Waals surface area contributed by atoms with Crippen LogP contribution in [0.15, 0.2) is 12.2 Å². The van der Waals surface area contributed by atoms with Crippen LogP contribution in [0.3, 0.4) is 0 Å². The van der Waals surface area contributed by atoms with E-state index in [4.69, 9.17) is 0 Å². The predicted molar refractivity (Wildman–Crippen MR) is 47.5 cm³/mol. The molecule has 1 unspecified atom stereocenters. The fraction of sp³-hybridized carbons (Fsp3) is 0.778. The molecule has 0 aromatic rings. The highest BCUT2D eigenvalue weighted by Gasteiger charge is 2.18. The maximum Gasteiger partial charge on any atom is 0.253 e. The van der Waals surface area contributed by atoms with Gasteiger partial charge >= 0.3 is 0 Å². The standard InChI is InChI=1S/C9H17F2N/c1-4-5-12-8(9(10)11)6-7(2)3/h8-9,12H,2,4-6H2,1,3H3. The lowest BCUT2D eigenvalue weighted by Crippen LogP contribution is -2.36. The molecule has 0 rings (SSSR count). The quantitative estimate of drug-likeness (QED) is 0.615. The predicted octanol–water partition coefficient (Wildman–Crippen LogP) is 2.59. The lowest BCUT2D eigenvalue weighted by molar-refractivity contribution is 0.0983. The van der Waals surface area contributed by atoms with Gasteiger partial charge in [-0.3, -0.25) is 0 Å². The average molecular weight is 177 g/mol. The molecule has 0 aromatic carbocycles. The molecule has 0 bridgehead atoms. The van der Waals surface area contributed by atoms with E-state index in [1.54, 1.807) is 6.92 Å². The SMILES string of the molecule is C=C(C)CC(NCCC)C(F)F. The van der Waals surface area contributed by atoms with Crippen molar-refractivity contribution in [2.24, 2.45) is 0 Å². The van der Waals surface area contributed by atoms with E-state index in [-0.39, 0.29) is 0 Å². The van der Waals surface area contributed by atoms with Crippen molar-refractivity contribution in [2.75, 3.05) is 6.54 Å². The minimum Gasteiger partial charge on any atom is -0.309 e. The maximum atomic E-state index is 12.3. The summed E-state index contributed by atoms with van der Waals surface area (Å²) in [6, 6.07) is -0.720. The Morgan fingerprint density at radius 1 is 1.50 bits per heavy atom. The van der Waals surface area contributed by atoms with E-state index in [1.807, 2.05) is 6.92 Å². The molecule has 12 heavy (non-hydrogen) atoms. The van der Waals surface area contributed by atoms with Gasteiger partial charge in [0.25, 0.3) is 6.43 Å². The fourth-order valence-electron chi connectivity index (χ4n) is 0.955. The first-order valence-electron chi connectivity index (χ1n) is 4.23. The van der Waals surface area contributed by atoms with Crippen molar-refractivity contribution in [1.29, 1.82) is 0 Å². The topological polar surface area (TPSA) is 12.0 Å². The molecule has 0 saturated heterocycles. The molecule has 0 saturated carbocycles. The first-order chi connectivity index (χ1) is 5.57. The highest BCUT2D eigenvalue weighted by Crippen LogP contribution is 2.10. The zero-order valence-electron chi connectivity index (χ0n) is 7.74. The van der Waals surface area contributed by atoms with Crippen LogP contribution in [0.5, 0.6) is 0 Å². The summed E-state index contributed by atoms with van der Waals surface area (Å²) in [6.45, 7) is 7.97. The van der Waals surface area contributed by atoms with Crippen molar-refractivity contribution in [2.45, 2.75) is 39.2 Å². The zero-order valence-corrected chi connectivity index (χ0v) is 7.74. The highest BCUT2D eigenvalue weighted by atomic mass is 19.3. The largest absolute Gasteiger partial charge is 0.309 e. The van der Waals surface area contributed by atoms with E-state index in [2.05, 4.69) is 11.9 Å². The summed E-state index contributed by atoms with van der Waals surface area (Å²) in [5, 5.41) is 2.79. The molecule has 1 nitrogen and oxygen atoms in total. The Balaban J connectivity index is 3.78. The minimum atomic E-state index is -2.30. The molecule has 0 fully saturated rings. The molecule has 0 aliphatic carbocycles. The second-order valence-corrected chi connectivity index (χ2v) is 3.06. The molecule has 0 spiro atoms. The molecule has 3 heteroatoms. The third kappa shape index (κ3) is 5.24. The van der Waals surface area contributed by atoms with Crippen molar-refractivity contribution in [3.63, 3.8) is 0 Å². The summed E-state index contributed by atoms with van der Waals surface area (Å²) in [7, 11) is 0. The molecule has 1 atom stereocenters. The molecule has 0 aliphatic heterocycles. The number of hydrogen-bond donors (Lipinski definition) is 1. The van der Waals surface area contributed by atoms with Crippen LogP contribution in [0.25, 0.3) is 0 Å². The zero-order chi connectivity index (χ0) is 9.56. The number of nitrogens with one attached hydrogen (secondary N) is 1. The van der Waals surface area contributed by atoms with Gasteiger partial charge in [-0.15, -0.1) is 6.58 Å². The van der Waals surface area contributed by atoms with Gasteiger partial charge in [0.2, 0.25) is 0 Å². The van der Waals surface area contributed by atoms with Gasteiger partial charge < -0.3 is 5.32 Å². The summed E-state index contributed by atoms with van der Waals surface area (Å²) < 4.78 is 24.6. The molecule has 1 N–H and O–H groups in total. The van der Waals surface area contributed by atoms with Gasteiger partial charge in [0, 0.05) is 0 Å². The Morgan fingerprint density at radius 3 is 2.42 bits per heavy atom. The van der Waals surface area contributed by atoms with Crippen LogP contribution >= 0.6 is 0 Å². The van der Waals surface area contributed by atoms with Crippen LogP contribution < -0.4 is 5.32 Å². The maximum absolute atomic E-state index is 12.3. The summed E-state index contributed by atoms with van der Waals surface area (Å²) in [5.74, 6) is 0. The Labute approximate surface area is 72.9 Å². The first-order valence-corrected chi connectivity index (χ1v) is 4.23. The van der Waals surface area contributed by atoms with Crippen LogP contribution in [-0.2, 0) is 0 Å². The van der Waals surface area contributed by atoms with Gasteiger partial charge in [0.15, 0.2) is 0 Å². The van der Waals surface area contributed by atoms with Crippen LogP contribution in [0.2, 0.25) is 0 Å². The number of hydrogen-bond acceptors (Lipinski definition) is 1. The van der Waals surface area contributed by atoms with Crippen LogP contribution in [0.4, 0.5) is 8.78 Å². The second kappa shape index (κ2) is 6.12. The third-order valence-corrected chi connectivity index (χ3v) is 1.53. The lowest BCUT2D eigenvalue weighted by Gasteiger charge is -2.17. The molecular weight excluding hydrogens is 160 g/mol. The van der Waals surface area contributed by atoms with Crippen LogP contribution in [0, 0.1) is 0 Å². The van der Waals surface area contributed by atoms with E-state index < -0.39 is 12.5 Å². The van der Waals surface area contributed by atoms with Crippen LogP contribution in [-0.4, -0.2) is 19.0 Å². The molecule has 0 radical (unpaired) electrons. The summed E-state index contributed by atoms with van der Waals surface area (Å²) >= 11 is 0. The first kappa shape index (κ1) is 11.6. The van der Waals surface area contributed by atoms with Gasteiger partial charge in [0.05, 0.1) is 6.04 Å². The van der Waals surface area contributed by atoms with Gasteiger partial charge in [-0.25, -0.2) is 8.78 Å². The Hall–Kier alpha value is -0.440. The number of alkyl halides is 2. The third-order valence-electron chi connectivity index (χ3n) is 1.53. The molecular formula is C9H17F2N. The number of rotatable bonds is 6. The summed E-state index contributed by atoms with van der Waals surface area (Å²) in [5.41, 5.74) is 0.795. The smallest absolute Gasteiger partial charge is 0.253 e. The molecule has 0 amide bonds. The minimum absolute atomic E-state index is 0.359. The lowest BCUT2D eigenvalue weighted by atomic mass is 10.1. The van der Waals surface area contributed by atoms with Gasteiger partial charge in [-0.05, 0) is 26.3 Å². The van der Waals surface area contributed by atoms with E-state index >= 15 is 0 Å². The van der Waals surface area contributed by atoms with Crippen molar-refractivity contribution in [1.82, 2.24) is 5.32 Å². The Morgan fingerprint density at radius 2 is 2.08 bits per heavy atom. The monoisotopic (exact) mass is 177 g/mol. The fourth-order valence-corrected chi connectivity index (χ4v) is 0.955. The van der Waals surface area contributed by atoms with E-state index in [1.165, 1.54) is 0 Å². The Kier molecular flexibility index (Phi) is 5.89. The summed E-state index contributed by atoms with van der Waals surface area (Å²) in [6.07, 6.45) is -1.06. The van der Waals surface area contributed by atoms with Crippen LogP contribution in [0.1, 0.15) is 26.7 Å². The van der Waals surface area contributed by atoms with Crippen molar-refractivity contribution >= 4 is 0 Å². The van der Waals surface area contributed by atoms with E-state index in [0.717, 1.165) is 12.0 Å². The van der Waals surface area contributed by atoms with Crippen molar-refractivity contribution in [3.8, 4) is 0 Å². The summed E-state index contributed by atoms with van der Waals surface area (Å²) in [4.78, 5) is 0. The second-order valence-electron chi connectivity index (χ2n) is 3.06. The van der Waals surface area contributed by atoms with Gasteiger partial charge in [0.1, 0.15) is 0 Å². The van der Waals surface area contributed by atoms with Crippen molar-refractivity contribution < 1.29 is 8.78 Å².